The van der Waals surface area contributed by atoms with Crippen LogP contribution in [0.3, 0.4) is 0 Å². The van der Waals surface area contributed by atoms with Gasteiger partial charge in [-0.1, -0.05) is 31.2 Å². The van der Waals surface area contributed by atoms with Crippen LogP contribution >= 0.6 is 0 Å². The summed E-state index contributed by atoms with van der Waals surface area (Å²) >= 11 is 0. The van der Waals surface area contributed by atoms with E-state index in [1.807, 2.05) is 19.1 Å². The number of aromatic nitrogens is 3. The molecule has 7 nitrogen and oxygen atoms in total. The molecule has 0 saturated carbocycles. The van der Waals surface area contributed by atoms with Crippen LogP contribution in [0, 0.1) is 0 Å². The van der Waals surface area contributed by atoms with Crippen LogP contribution in [0.4, 0.5) is 0 Å². The van der Waals surface area contributed by atoms with Crippen molar-refractivity contribution in [3.63, 3.8) is 0 Å². The summed E-state index contributed by atoms with van der Waals surface area (Å²) in [5.41, 5.74) is 2.37. The van der Waals surface area contributed by atoms with Gasteiger partial charge in [-0.15, -0.1) is 10.2 Å². The summed E-state index contributed by atoms with van der Waals surface area (Å²) in [7, 11) is 0. The number of benzene rings is 1. The monoisotopic (exact) mass is 358 g/mol. The molecule has 0 spiro atoms. The first kappa shape index (κ1) is 19.9. The van der Waals surface area contributed by atoms with Crippen LogP contribution in [0.15, 0.2) is 35.6 Å². The van der Waals surface area contributed by atoms with Crippen LogP contribution in [-0.4, -0.2) is 40.4 Å². The molecule has 7 heteroatoms. The summed E-state index contributed by atoms with van der Waals surface area (Å²) in [6.07, 6.45) is 2.65. The van der Waals surface area contributed by atoms with Crippen LogP contribution < -0.4 is 10.6 Å². The topological polar surface area (TPSA) is 76.4 Å². The quantitative estimate of drug-likeness (QED) is 0.503. The normalized spacial score (nSPS) is 11.6. The second-order valence-electron chi connectivity index (χ2n) is 5.82. The molecule has 0 unspecified atom stereocenters. The number of ether oxygens (including phenoxy) is 1. The molecule has 0 aliphatic heterocycles. The average molecular weight is 358 g/mol. The van der Waals surface area contributed by atoms with Gasteiger partial charge in [0.05, 0.1) is 13.2 Å². The van der Waals surface area contributed by atoms with Crippen molar-refractivity contribution in [2.75, 3.05) is 19.7 Å². The van der Waals surface area contributed by atoms with Crippen LogP contribution in [0.25, 0.3) is 0 Å². The lowest BCUT2D eigenvalue weighted by molar-refractivity contribution is 0.133. The highest BCUT2D eigenvalue weighted by Crippen LogP contribution is 2.11. The van der Waals surface area contributed by atoms with Gasteiger partial charge in [-0.05, 0) is 25.0 Å². The minimum absolute atomic E-state index is 0.616. The lowest BCUT2D eigenvalue weighted by atomic mass is 10.1. The highest BCUT2D eigenvalue weighted by Gasteiger charge is 2.04. The number of hydrogen-bond acceptors (Lipinski definition) is 4. The first-order chi connectivity index (χ1) is 12.8. The standard InChI is InChI=1S/C19H30N6O/c1-4-18-24-23-15-25(18)12-11-21-19(20-5-2)22-13-16-9-7-8-10-17(16)14-26-6-3/h7-10,15H,4-6,11-14H2,1-3H3,(H2,20,21,22). The molecule has 2 aromatic rings. The second kappa shape index (κ2) is 11.3. The minimum Gasteiger partial charge on any atom is -0.377 e. The number of guanidine groups is 1. The Morgan fingerprint density at radius 2 is 1.96 bits per heavy atom. The summed E-state index contributed by atoms with van der Waals surface area (Å²) < 4.78 is 7.61. The summed E-state index contributed by atoms with van der Waals surface area (Å²) in [6, 6.07) is 8.28. The van der Waals surface area contributed by atoms with Gasteiger partial charge < -0.3 is 19.9 Å². The first-order valence-electron chi connectivity index (χ1n) is 9.31. The summed E-state index contributed by atoms with van der Waals surface area (Å²) in [5, 5.41) is 14.7. The van der Waals surface area contributed by atoms with Gasteiger partial charge in [0.1, 0.15) is 12.2 Å². The predicted octanol–water partition coefficient (Wildman–Crippen LogP) is 2.13. The Bertz CT molecular complexity index is 682. The van der Waals surface area contributed by atoms with E-state index in [-0.39, 0.29) is 0 Å². The fourth-order valence-corrected chi connectivity index (χ4v) is 2.60. The molecule has 2 rings (SSSR count). The van der Waals surface area contributed by atoms with Crippen molar-refractivity contribution < 1.29 is 4.74 Å². The molecule has 1 aromatic carbocycles. The van der Waals surface area contributed by atoms with E-state index in [1.54, 1.807) is 6.33 Å². The van der Waals surface area contributed by atoms with Gasteiger partial charge in [-0.3, -0.25) is 0 Å². The van der Waals surface area contributed by atoms with Crippen LogP contribution in [-0.2, 0) is 30.9 Å². The molecule has 26 heavy (non-hydrogen) atoms. The van der Waals surface area contributed by atoms with Crippen molar-refractivity contribution in [1.29, 1.82) is 0 Å². The number of nitrogens with zero attached hydrogens (tertiary/aromatic N) is 4. The van der Waals surface area contributed by atoms with E-state index in [0.717, 1.165) is 37.8 Å². The molecule has 0 radical (unpaired) electrons. The first-order valence-corrected chi connectivity index (χ1v) is 9.31. The third kappa shape index (κ3) is 6.15. The minimum atomic E-state index is 0.616. The van der Waals surface area contributed by atoms with Gasteiger partial charge in [0.25, 0.3) is 0 Å². The zero-order chi connectivity index (χ0) is 18.6. The molecule has 2 N–H and O–H groups in total. The van der Waals surface area contributed by atoms with Crippen LogP contribution in [0.5, 0.6) is 0 Å². The van der Waals surface area contributed by atoms with Crippen molar-refractivity contribution in [2.24, 2.45) is 4.99 Å². The average Bonchev–Trinajstić information content (AvgIpc) is 3.12. The third-order valence-corrected chi connectivity index (χ3v) is 3.99. The highest BCUT2D eigenvalue weighted by atomic mass is 16.5. The maximum absolute atomic E-state index is 5.55. The van der Waals surface area contributed by atoms with Crippen molar-refractivity contribution in [3.05, 3.63) is 47.5 Å². The molecule has 0 saturated heterocycles. The van der Waals surface area contributed by atoms with E-state index < -0.39 is 0 Å². The smallest absolute Gasteiger partial charge is 0.191 e. The van der Waals surface area contributed by atoms with Crippen LogP contribution in [0.2, 0.25) is 0 Å². The largest absolute Gasteiger partial charge is 0.377 e. The Hall–Kier alpha value is -2.41. The lowest BCUT2D eigenvalue weighted by Crippen LogP contribution is -2.39. The molecular weight excluding hydrogens is 328 g/mol. The zero-order valence-corrected chi connectivity index (χ0v) is 16.0. The molecular formula is C19H30N6O. The van der Waals surface area contributed by atoms with E-state index in [0.29, 0.717) is 19.8 Å². The molecule has 0 atom stereocenters. The zero-order valence-electron chi connectivity index (χ0n) is 16.0. The fourth-order valence-electron chi connectivity index (χ4n) is 2.60. The van der Waals surface area contributed by atoms with Gasteiger partial charge in [0.2, 0.25) is 0 Å². The van der Waals surface area contributed by atoms with E-state index in [4.69, 9.17) is 9.73 Å². The number of nitrogens with one attached hydrogen (secondary N) is 2. The molecule has 0 fully saturated rings. The van der Waals surface area contributed by atoms with E-state index in [2.05, 4.69) is 51.4 Å². The highest BCUT2D eigenvalue weighted by molar-refractivity contribution is 5.79. The molecule has 0 aliphatic rings. The predicted molar refractivity (Wildman–Crippen MR) is 104 cm³/mol. The van der Waals surface area contributed by atoms with Crippen molar-refractivity contribution in [2.45, 2.75) is 46.9 Å². The van der Waals surface area contributed by atoms with Crippen LogP contribution in [0.1, 0.15) is 37.7 Å². The Kier molecular flexibility index (Phi) is 8.62. The Morgan fingerprint density at radius 3 is 2.69 bits per heavy atom. The third-order valence-electron chi connectivity index (χ3n) is 3.99. The molecule has 0 bridgehead atoms. The fraction of sp³-hybridized carbons (Fsp3) is 0.526. The van der Waals surface area contributed by atoms with Gasteiger partial charge in [-0.25, -0.2) is 4.99 Å². The number of aliphatic imine (C=N–C) groups is 1. The number of rotatable bonds is 10. The second-order valence-corrected chi connectivity index (χ2v) is 5.82. The molecule has 1 aromatic heterocycles. The molecule has 0 aliphatic carbocycles. The molecule has 1 heterocycles. The van der Waals surface area contributed by atoms with Crippen molar-refractivity contribution in [1.82, 2.24) is 25.4 Å². The number of hydrogen-bond donors (Lipinski definition) is 2. The Morgan fingerprint density at radius 1 is 1.15 bits per heavy atom. The lowest BCUT2D eigenvalue weighted by Gasteiger charge is -2.13. The van der Waals surface area contributed by atoms with Crippen molar-refractivity contribution in [3.8, 4) is 0 Å². The van der Waals surface area contributed by atoms with Gasteiger partial charge in [0.15, 0.2) is 5.96 Å². The Labute approximate surface area is 155 Å². The summed E-state index contributed by atoms with van der Waals surface area (Å²) in [4.78, 5) is 4.71. The Balaban J connectivity index is 1.94. The maximum atomic E-state index is 5.55. The SMILES string of the molecule is CCNC(=NCc1ccccc1COCC)NCCn1cnnc1CC. The van der Waals surface area contributed by atoms with Crippen molar-refractivity contribution >= 4 is 5.96 Å². The van der Waals surface area contributed by atoms with Gasteiger partial charge in [0, 0.05) is 32.7 Å². The van der Waals surface area contributed by atoms with Gasteiger partial charge in [-0.2, -0.15) is 0 Å². The van der Waals surface area contributed by atoms with E-state index >= 15 is 0 Å². The molecule has 142 valence electrons. The van der Waals surface area contributed by atoms with E-state index in [1.165, 1.54) is 11.1 Å². The number of aryl methyl sites for hydroxylation is 1. The molecule has 0 amide bonds. The summed E-state index contributed by atoms with van der Waals surface area (Å²) in [6.45, 7) is 10.5. The maximum Gasteiger partial charge on any atom is 0.191 e. The van der Waals surface area contributed by atoms with Gasteiger partial charge >= 0.3 is 0 Å². The summed E-state index contributed by atoms with van der Waals surface area (Å²) in [5.74, 6) is 1.81. The van der Waals surface area contributed by atoms with E-state index in [9.17, 15) is 0 Å².